The van der Waals surface area contributed by atoms with E-state index in [1.165, 1.54) is 24.5 Å². The minimum atomic E-state index is -0.546. The molecule has 0 atom stereocenters. The summed E-state index contributed by atoms with van der Waals surface area (Å²) in [6.45, 7) is 7.61. The Morgan fingerprint density at radius 2 is 1.90 bits per heavy atom. The van der Waals surface area contributed by atoms with Gasteiger partial charge in [-0.3, -0.25) is 4.79 Å². The van der Waals surface area contributed by atoms with Crippen molar-refractivity contribution in [1.29, 1.82) is 0 Å². The van der Waals surface area contributed by atoms with Gasteiger partial charge < -0.3 is 25.0 Å². The van der Waals surface area contributed by atoms with E-state index in [4.69, 9.17) is 9.51 Å². The SMILES string of the molecule is CN(C)C1CCN(c2ncc3ncnc(Nc4cc(C(=O)Nc5cc(C(C)(C)C)on5)ccc4F)c3n2)CC1. The maximum Gasteiger partial charge on any atom is 0.256 e. The number of fused-ring (bicyclic) bond motifs is 1. The van der Waals surface area contributed by atoms with Gasteiger partial charge in [0.1, 0.15) is 28.9 Å². The molecule has 1 fully saturated rings. The van der Waals surface area contributed by atoms with Gasteiger partial charge in [-0.25, -0.2) is 24.3 Å². The summed E-state index contributed by atoms with van der Waals surface area (Å²) in [6, 6.07) is 6.24. The van der Waals surface area contributed by atoms with Gasteiger partial charge in [0.05, 0.1) is 11.9 Å². The number of anilines is 4. The first-order chi connectivity index (χ1) is 18.6. The van der Waals surface area contributed by atoms with Gasteiger partial charge in [-0.05, 0) is 45.1 Å². The predicted molar refractivity (Wildman–Crippen MR) is 147 cm³/mol. The van der Waals surface area contributed by atoms with Gasteiger partial charge in [-0.15, -0.1) is 0 Å². The number of halogens is 1. The van der Waals surface area contributed by atoms with Crippen molar-refractivity contribution in [1.82, 2.24) is 30.0 Å². The van der Waals surface area contributed by atoms with Crippen molar-refractivity contribution in [2.24, 2.45) is 0 Å². The third-order valence-corrected chi connectivity index (χ3v) is 6.81. The number of hydrogen-bond donors (Lipinski definition) is 2. The molecule has 1 aromatic carbocycles. The normalized spacial score (nSPS) is 14.7. The number of aromatic nitrogens is 5. The summed E-state index contributed by atoms with van der Waals surface area (Å²) in [4.78, 5) is 35.1. The molecule has 5 rings (SSSR count). The molecular formula is C27H32FN9O2. The lowest BCUT2D eigenvalue weighted by atomic mass is 9.93. The number of nitrogens with zero attached hydrogens (tertiary/aromatic N) is 7. The molecule has 0 spiro atoms. The number of rotatable bonds is 6. The van der Waals surface area contributed by atoms with Crippen LogP contribution in [0.2, 0.25) is 0 Å². The zero-order chi connectivity index (χ0) is 27.7. The van der Waals surface area contributed by atoms with Crippen LogP contribution in [-0.4, -0.2) is 69.1 Å². The maximum atomic E-state index is 14.8. The van der Waals surface area contributed by atoms with Crippen LogP contribution in [0.3, 0.4) is 0 Å². The molecule has 2 N–H and O–H groups in total. The Hall–Kier alpha value is -4.19. The predicted octanol–water partition coefficient (Wildman–Crippen LogP) is 4.37. The number of carbonyl (C=O) groups is 1. The van der Waals surface area contributed by atoms with E-state index < -0.39 is 11.7 Å². The number of benzene rings is 1. The molecule has 4 heterocycles. The van der Waals surface area contributed by atoms with Crippen LogP contribution in [0.25, 0.3) is 11.0 Å². The highest BCUT2D eigenvalue weighted by molar-refractivity contribution is 6.04. The Bertz CT molecular complexity index is 1490. The van der Waals surface area contributed by atoms with Gasteiger partial charge in [0.15, 0.2) is 11.6 Å². The summed E-state index contributed by atoms with van der Waals surface area (Å²) in [7, 11) is 4.19. The van der Waals surface area contributed by atoms with E-state index in [9.17, 15) is 9.18 Å². The first-order valence-electron chi connectivity index (χ1n) is 12.8. The molecule has 4 aromatic rings. The molecule has 0 radical (unpaired) electrons. The van der Waals surface area contributed by atoms with E-state index in [0.717, 1.165) is 25.9 Å². The second-order valence-corrected chi connectivity index (χ2v) is 10.9. The van der Waals surface area contributed by atoms with Gasteiger partial charge in [-0.2, -0.15) is 0 Å². The van der Waals surface area contributed by atoms with Gasteiger partial charge in [0.2, 0.25) is 5.95 Å². The van der Waals surface area contributed by atoms with Crippen molar-refractivity contribution < 1.29 is 13.7 Å². The lowest BCUT2D eigenvalue weighted by Gasteiger charge is -2.35. The minimum absolute atomic E-state index is 0.0742. The smallest absolute Gasteiger partial charge is 0.256 e. The number of hydrogen-bond acceptors (Lipinski definition) is 10. The van der Waals surface area contributed by atoms with Crippen molar-refractivity contribution in [3.8, 4) is 0 Å². The first-order valence-corrected chi connectivity index (χ1v) is 12.8. The largest absolute Gasteiger partial charge is 0.359 e. The Morgan fingerprint density at radius 1 is 1.13 bits per heavy atom. The fourth-order valence-electron chi connectivity index (χ4n) is 4.44. The molecule has 3 aromatic heterocycles. The van der Waals surface area contributed by atoms with Gasteiger partial charge in [0.25, 0.3) is 5.91 Å². The molecule has 0 unspecified atom stereocenters. The molecular weight excluding hydrogens is 501 g/mol. The maximum absolute atomic E-state index is 14.8. The van der Waals surface area contributed by atoms with Crippen molar-refractivity contribution >= 4 is 40.2 Å². The van der Waals surface area contributed by atoms with Crippen LogP contribution < -0.4 is 15.5 Å². The van der Waals surface area contributed by atoms with Crippen LogP contribution in [0.15, 0.2) is 41.3 Å². The summed E-state index contributed by atoms with van der Waals surface area (Å²) >= 11 is 0. The van der Waals surface area contributed by atoms with E-state index in [0.29, 0.717) is 34.6 Å². The highest BCUT2D eigenvalue weighted by Gasteiger charge is 2.24. The van der Waals surface area contributed by atoms with Gasteiger partial charge in [0, 0.05) is 36.2 Å². The lowest BCUT2D eigenvalue weighted by molar-refractivity contribution is 0.102. The molecule has 11 nitrogen and oxygen atoms in total. The highest BCUT2D eigenvalue weighted by atomic mass is 19.1. The van der Waals surface area contributed by atoms with Gasteiger partial charge >= 0.3 is 0 Å². The molecule has 0 bridgehead atoms. The van der Waals surface area contributed by atoms with Crippen LogP contribution in [0, 0.1) is 5.82 Å². The topological polar surface area (TPSA) is 125 Å². The molecule has 1 aliphatic heterocycles. The van der Waals surface area contributed by atoms with Gasteiger partial charge in [-0.1, -0.05) is 25.9 Å². The second kappa shape index (κ2) is 10.5. The Kier molecular flexibility index (Phi) is 7.13. The van der Waals surface area contributed by atoms with E-state index >= 15 is 0 Å². The molecule has 0 saturated carbocycles. The number of amides is 1. The Morgan fingerprint density at radius 3 is 2.59 bits per heavy atom. The average Bonchev–Trinajstić information content (AvgIpc) is 3.39. The number of piperidine rings is 1. The second-order valence-electron chi connectivity index (χ2n) is 10.9. The van der Waals surface area contributed by atoms with E-state index in [2.05, 4.69) is 54.6 Å². The minimum Gasteiger partial charge on any atom is -0.359 e. The van der Waals surface area contributed by atoms with Crippen LogP contribution >= 0.6 is 0 Å². The molecule has 12 heteroatoms. The summed E-state index contributed by atoms with van der Waals surface area (Å²) in [5.41, 5.74) is 1.04. The van der Waals surface area contributed by atoms with Crippen molar-refractivity contribution in [2.75, 3.05) is 42.7 Å². The highest BCUT2D eigenvalue weighted by Crippen LogP contribution is 2.28. The van der Waals surface area contributed by atoms with Crippen LogP contribution in [0.1, 0.15) is 49.7 Å². The molecule has 39 heavy (non-hydrogen) atoms. The van der Waals surface area contributed by atoms with E-state index in [-0.39, 0.29) is 22.5 Å². The zero-order valence-electron chi connectivity index (χ0n) is 22.7. The Balaban J connectivity index is 1.37. The molecule has 1 amide bonds. The van der Waals surface area contributed by atoms with Crippen molar-refractivity contribution in [3.05, 3.63) is 53.9 Å². The lowest BCUT2D eigenvalue weighted by Crippen LogP contribution is -2.42. The Labute approximate surface area is 225 Å². The van der Waals surface area contributed by atoms with E-state index in [1.54, 1.807) is 12.3 Å². The summed E-state index contributed by atoms with van der Waals surface area (Å²) in [5.74, 6) is 0.811. The standard InChI is InChI=1S/C27H32FN9O2/c1-27(2,3)21-13-22(35-39-21)33-25(38)16-6-7-18(28)19(12-16)32-24-23-20(30-15-31-24)14-29-26(34-23)37-10-8-17(9-11-37)36(4)5/h6-7,12-15,17H,8-11H2,1-5H3,(H,30,31,32)(H,33,35,38). The fourth-order valence-corrected chi connectivity index (χ4v) is 4.44. The average molecular weight is 534 g/mol. The zero-order valence-corrected chi connectivity index (χ0v) is 22.7. The fraction of sp³-hybridized carbons (Fsp3) is 0.407. The third-order valence-electron chi connectivity index (χ3n) is 6.81. The monoisotopic (exact) mass is 533 g/mol. The molecule has 1 aliphatic rings. The molecule has 204 valence electrons. The molecule has 0 aliphatic carbocycles. The summed E-state index contributed by atoms with van der Waals surface area (Å²) in [6.07, 6.45) is 5.03. The third kappa shape index (κ3) is 5.80. The van der Waals surface area contributed by atoms with Crippen molar-refractivity contribution in [2.45, 2.75) is 45.1 Å². The van der Waals surface area contributed by atoms with Crippen LogP contribution in [-0.2, 0) is 5.41 Å². The van der Waals surface area contributed by atoms with E-state index in [1.807, 2.05) is 20.8 Å². The van der Waals surface area contributed by atoms with Crippen molar-refractivity contribution in [3.63, 3.8) is 0 Å². The number of nitrogens with one attached hydrogen (secondary N) is 2. The summed E-state index contributed by atoms with van der Waals surface area (Å²) in [5, 5.41) is 9.61. The summed E-state index contributed by atoms with van der Waals surface area (Å²) < 4.78 is 20.2. The van der Waals surface area contributed by atoms with Crippen LogP contribution in [0.4, 0.5) is 27.7 Å². The van der Waals surface area contributed by atoms with Crippen LogP contribution in [0.5, 0.6) is 0 Å². The first kappa shape index (κ1) is 26.4. The molecule has 1 saturated heterocycles. The quantitative estimate of drug-likeness (QED) is 0.369. The number of carbonyl (C=O) groups excluding carboxylic acids is 1.